The first-order chi connectivity index (χ1) is 7.66. The largest absolute Gasteiger partial charge is 0.331 e. The van der Waals surface area contributed by atoms with Gasteiger partial charge in [0.1, 0.15) is 5.70 Å². The van der Waals surface area contributed by atoms with Crippen LogP contribution in [0.15, 0.2) is 36.0 Å². The molecule has 0 radical (unpaired) electrons. The molecule has 2 amide bonds. The van der Waals surface area contributed by atoms with E-state index in [1.54, 1.807) is 13.1 Å². The quantitative estimate of drug-likeness (QED) is 0.699. The molecule has 4 heteroatoms. The fraction of sp³-hybridized carbons (Fsp3) is 0.167. The van der Waals surface area contributed by atoms with Gasteiger partial charge in [0.05, 0.1) is 6.54 Å². The van der Waals surface area contributed by atoms with Gasteiger partial charge in [-0.25, -0.2) is 0 Å². The van der Waals surface area contributed by atoms with E-state index in [-0.39, 0.29) is 18.4 Å². The van der Waals surface area contributed by atoms with Crippen molar-refractivity contribution < 1.29 is 9.59 Å². The Kier molecular flexibility index (Phi) is 2.72. The molecule has 1 aromatic carbocycles. The van der Waals surface area contributed by atoms with Crippen molar-refractivity contribution in [3.05, 3.63) is 41.6 Å². The van der Waals surface area contributed by atoms with Crippen LogP contribution < -0.4 is 5.32 Å². The van der Waals surface area contributed by atoms with Crippen LogP contribution in [0.3, 0.4) is 0 Å². The molecule has 1 aliphatic heterocycles. The number of piperazine rings is 1. The van der Waals surface area contributed by atoms with E-state index in [9.17, 15) is 9.59 Å². The topological polar surface area (TPSA) is 49.4 Å². The Morgan fingerprint density at radius 3 is 2.62 bits per heavy atom. The molecule has 0 bridgehead atoms. The Hall–Kier alpha value is -2.10. The molecule has 82 valence electrons. The fourth-order valence-corrected chi connectivity index (χ4v) is 1.55. The summed E-state index contributed by atoms with van der Waals surface area (Å²) >= 11 is 0. The van der Waals surface area contributed by atoms with Crippen LogP contribution in [0.1, 0.15) is 5.56 Å². The van der Waals surface area contributed by atoms with Crippen LogP contribution in [0, 0.1) is 0 Å². The van der Waals surface area contributed by atoms with Crippen LogP contribution in [-0.2, 0) is 9.59 Å². The fourth-order valence-electron chi connectivity index (χ4n) is 1.55. The zero-order valence-corrected chi connectivity index (χ0v) is 8.93. The predicted molar refractivity (Wildman–Crippen MR) is 60.2 cm³/mol. The number of hydrogen-bond acceptors (Lipinski definition) is 2. The molecule has 2 rings (SSSR count). The molecule has 16 heavy (non-hydrogen) atoms. The van der Waals surface area contributed by atoms with E-state index in [4.69, 9.17) is 0 Å². The van der Waals surface area contributed by atoms with Crippen molar-refractivity contribution in [1.82, 2.24) is 10.2 Å². The minimum absolute atomic E-state index is 0.116. The molecule has 0 saturated carbocycles. The van der Waals surface area contributed by atoms with Gasteiger partial charge in [-0.15, -0.1) is 0 Å². The van der Waals surface area contributed by atoms with Crippen LogP contribution in [0.4, 0.5) is 0 Å². The molecule has 1 aliphatic rings. The third-order valence-corrected chi connectivity index (χ3v) is 2.34. The first kappa shape index (κ1) is 10.4. The van der Waals surface area contributed by atoms with E-state index in [1.165, 1.54) is 4.90 Å². The molecular weight excluding hydrogens is 204 g/mol. The second-order valence-corrected chi connectivity index (χ2v) is 3.68. The highest BCUT2D eigenvalue weighted by molar-refractivity contribution is 6.05. The Morgan fingerprint density at radius 2 is 1.94 bits per heavy atom. The number of benzene rings is 1. The zero-order chi connectivity index (χ0) is 11.5. The van der Waals surface area contributed by atoms with Crippen molar-refractivity contribution >= 4 is 17.9 Å². The van der Waals surface area contributed by atoms with Crippen molar-refractivity contribution in [1.29, 1.82) is 0 Å². The Labute approximate surface area is 93.6 Å². The van der Waals surface area contributed by atoms with Crippen molar-refractivity contribution in [3.63, 3.8) is 0 Å². The maximum atomic E-state index is 11.7. The van der Waals surface area contributed by atoms with Crippen LogP contribution in [-0.4, -0.2) is 30.3 Å². The maximum absolute atomic E-state index is 11.7. The molecule has 1 N–H and O–H groups in total. The van der Waals surface area contributed by atoms with Crippen molar-refractivity contribution in [2.24, 2.45) is 0 Å². The number of nitrogens with one attached hydrogen (secondary N) is 1. The van der Waals surface area contributed by atoms with Gasteiger partial charge in [-0.1, -0.05) is 30.3 Å². The zero-order valence-electron chi connectivity index (χ0n) is 8.93. The number of hydrogen-bond donors (Lipinski definition) is 1. The summed E-state index contributed by atoms with van der Waals surface area (Å²) in [6.07, 6.45) is 1.68. The van der Waals surface area contributed by atoms with Gasteiger partial charge in [-0.05, 0) is 11.6 Å². The van der Waals surface area contributed by atoms with E-state index >= 15 is 0 Å². The van der Waals surface area contributed by atoms with Gasteiger partial charge in [0.2, 0.25) is 5.91 Å². The number of carbonyl (C=O) groups is 2. The third-order valence-electron chi connectivity index (χ3n) is 2.34. The lowest BCUT2D eigenvalue weighted by Crippen LogP contribution is -2.47. The van der Waals surface area contributed by atoms with Gasteiger partial charge < -0.3 is 10.2 Å². The molecule has 1 saturated heterocycles. The Morgan fingerprint density at radius 1 is 1.25 bits per heavy atom. The van der Waals surface area contributed by atoms with Crippen molar-refractivity contribution in [2.75, 3.05) is 13.6 Å². The molecule has 4 nitrogen and oxygen atoms in total. The average molecular weight is 216 g/mol. The van der Waals surface area contributed by atoms with E-state index in [1.807, 2.05) is 30.3 Å². The second-order valence-electron chi connectivity index (χ2n) is 3.68. The highest BCUT2D eigenvalue weighted by Crippen LogP contribution is 2.09. The van der Waals surface area contributed by atoms with E-state index in [2.05, 4.69) is 5.32 Å². The monoisotopic (exact) mass is 216 g/mol. The number of rotatable bonds is 1. The molecule has 0 unspecified atom stereocenters. The van der Waals surface area contributed by atoms with Crippen molar-refractivity contribution in [2.45, 2.75) is 0 Å². The highest BCUT2D eigenvalue weighted by Gasteiger charge is 2.24. The molecular formula is C12H12N2O2. The molecule has 1 heterocycles. The van der Waals surface area contributed by atoms with Gasteiger partial charge in [0, 0.05) is 7.05 Å². The number of likely N-dealkylation sites (N-methyl/N-ethyl adjacent to an activating group) is 1. The van der Waals surface area contributed by atoms with Crippen LogP contribution >= 0.6 is 0 Å². The Bertz CT molecular complexity index is 451. The second kappa shape index (κ2) is 4.18. The van der Waals surface area contributed by atoms with Gasteiger partial charge >= 0.3 is 0 Å². The molecule has 0 aromatic heterocycles. The summed E-state index contributed by atoms with van der Waals surface area (Å²) in [4.78, 5) is 24.4. The molecule has 1 fully saturated rings. The highest BCUT2D eigenvalue weighted by atomic mass is 16.2. The average Bonchev–Trinajstić information content (AvgIpc) is 2.27. The lowest BCUT2D eigenvalue weighted by Gasteiger charge is -2.24. The van der Waals surface area contributed by atoms with E-state index in [0.29, 0.717) is 5.70 Å². The summed E-state index contributed by atoms with van der Waals surface area (Å²) in [6, 6.07) is 9.41. The van der Waals surface area contributed by atoms with Crippen LogP contribution in [0.5, 0.6) is 0 Å². The standard InChI is InChI=1S/C12H12N2O2/c1-14-8-11(15)13-10(12(14)16)7-9-5-3-2-4-6-9/h2-7H,8H2,1H3,(H,13,15). The molecule has 0 spiro atoms. The van der Waals surface area contributed by atoms with Gasteiger partial charge in [0.25, 0.3) is 5.91 Å². The Balaban J connectivity index is 2.29. The summed E-state index contributed by atoms with van der Waals surface area (Å²) in [6.45, 7) is 0.116. The van der Waals surface area contributed by atoms with Gasteiger partial charge in [0.15, 0.2) is 0 Å². The summed E-state index contributed by atoms with van der Waals surface area (Å²) in [5, 5.41) is 2.58. The van der Waals surface area contributed by atoms with E-state index < -0.39 is 0 Å². The lowest BCUT2D eigenvalue weighted by atomic mass is 10.1. The lowest BCUT2D eigenvalue weighted by molar-refractivity contribution is -0.135. The predicted octanol–water partition coefficient (Wildman–Crippen LogP) is 0.616. The summed E-state index contributed by atoms with van der Waals surface area (Å²) in [5.41, 5.74) is 1.21. The SMILES string of the molecule is CN1CC(=O)NC(=Cc2ccccc2)C1=O. The summed E-state index contributed by atoms with van der Waals surface area (Å²) in [5.74, 6) is -0.326. The number of amides is 2. The maximum Gasteiger partial charge on any atom is 0.270 e. The van der Waals surface area contributed by atoms with Gasteiger partial charge in [-0.3, -0.25) is 9.59 Å². The van der Waals surface area contributed by atoms with E-state index in [0.717, 1.165) is 5.56 Å². The van der Waals surface area contributed by atoms with Crippen LogP contribution in [0.2, 0.25) is 0 Å². The first-order valence-corrected chi connectivity index (χ1v) is 4.99. The molecule has 1 aromatic rings. The normalized spacial score (nSPS) is 18.8. The molecule has 0 atom stereocenters. The summed E-state index contributed by atoms with van der Waals surface area (Å²) in [7, 11) is 1.61. The number of nitrogens with zero attached hydrogens (tertiary/aromatic N) is 1. The van der Waals surface area contributed by atoms with Gasteiger partial charge in [-0.2, -0.15) is 0 Å². The summed E-state index contributed by atoms with van der Waals surface area (Å²) < 4.78 is 0. The number of carbonyl (C=O) groups excluding carboxylic acids is 2. The minimum atomic E-state index is -0.163. The van der Waals surface area contributed by atoms with Crippen molar-refractivity contribution in [3.8, 4) is 0 Å². The minimum Gasteiger partial charge on any atom is -0.331 e. The third kappa shape index (κ3) is 2.11. The molecule has 0 aliphatic carbocycles. The van der Waals surface area contributed by atoms with Crippen LogP contribution in [0.25, 0.3) is 6.08 Å². The smallest absolute Gasteiger partial charge is 0.270 e. The first-order valence-electron chi connectivity index (χ1n) is 4.99.